The van der Waals surface area contributed by atoms with E-state index in [4.69, 9.17) is 10.5 Å². The van der Waals surface area contributed by atoms with Gasteiger partial charge in [-0.05, 0) is 38.8 Å². The molecule has 3 aromatic heterocycles. The second kappa shape index (κ2) is 15.8. The van der Waals surface area contributed by atoms with Gasteiger partial charge in [-0.1, -0.05) is 19.9 Å². The molecule has 0 unspecified atom stereocenters. The van der Waals surface area contributed by atoms with Gasteiger partial charge in [-0.3, -0.25) is 9.78 Å². The molecule has 41 heavy (non-hydrogen) atoms. The summed E-state index contributed by atoms with van der Waals surface area (Å²) in [6.07, 6.45) is 19.5. The monoisotopic (exact) mass is 563 g/mol. The van der Waals surface area contributed by atoms with E-state index in [0.717, 1.165) is 12.8 Å². The van der Waals surface area contributed by atoms with Crippen molar-refractivity contribution in [2.45, 2.75) is 52.6 Å². The van der Waals surface area contributed by atoms with E-state index in [0.29, 0.717) is 46.6 Å². The van der Waals surface area contributed by atoms with E-state index < -0.39 is 11.4 Å². The Balaban J connectivity index is 0.00000131. The minimum Gasteiger partial charge on any atom is -0.494 e. The summed E-state index contributed by atoms with van der Waals surface area (Å²) >= 11 is 0. The number of carbonyl (C=O) groups is 1. The zero-order chi connectivity index (χ0) is 31.3. The number of carbonyl (C=O) groups excluding carboxylic acids is 1. The van der Waals surface area contributed by atoms with Gasteiger partial charge >= 0.3 is 0 Å². The molecule has 3 heterocycles. The molecular formula is C30H38FN7O3. The van der Waals surface area contributed by atoms with E-state index >= 15 is 0 Å². The molecule has 0 fully saturated rings. The second-order valence-electron chi connectivity index (χ2n) is 8.91. The summed E-state index contributed by atoms with van der Waals surface area (Å²) in [4.78, 5) is 27.3. The molecule has 10 nitrogen and oxygen atoms in total. The molecule has 0 saturated carbocycles. The lowest BCUT2D eigenvalue weighted by Crippen LogP contribution is -2.28. The lowest BCUT2D eigenvalue weighted by atomic mass is 10.0. The molecule has 0 aliphatic carbocycles. The highest BCUT2D eigenvalue weighted by Gasteiger charge is 2.19. The first kappa shape index (κ1) is 34.3. The number of methoxy groups -OCH3 is 1. The molecule has 0 bridgehead atoms. The number of aromatic nitrogens is 5. The van der Waals surface area contributed by atoms with Gasteiger partial charge in [0.05, 0.1) is 18.1 Å². The number of halogens is 1. The number of fused-ring (bicyclic) bond motifs is 3. The number of unbranched alkanes of at least 4 members (excludes halogenated alkanes) is 1. The molecular weight excluding hydrogens is 525 g/mol. The highest BCUT2D eigenvalue weighted by molar-refractivity contribution is 5.96. The molecule has 0 saturated heterocycles. The summed E-state index contributed by atoms with van der Waals surface area (Å²) in [6, 6.07) is 5.90. The lowest BCUT2D eigenvalue weighted by Gasteiger charge is -2.19. The Kier molecular flexibility index (Phi) is 13.2. The third-order valence-corrected chi connectivity index (χ3v) is 5.77. The van der Waals surface area contributed by atoms with Gasteiger partial charge < -0.3 is 20.5 Å². The van der Waals surface area contributed by atoms with Gasteiger partial charge in [0.25, 0.3) is 5.91 Å². The number of benzene rings is 1. The quantitative estimate of drug-likeness (QED) is 0.240. The van der Waals surface area contributed by atoms with E-state index in [9.17, 15) is 14.3 Å². The first-order chi connectivity index (χ1) is 19.6. The van der Waals surface area contributed by atoms with Crippen molar-refractivity contribution >= 4 is 28.4 Å². The second-order valence-corrected chi connectivity index (χ2v) is 8.91. The van der Waals surface area contributed by atoms with Crippen LogP contribution in [-0.4, -0.2) is 61.2 Å². The number of rotatable bonds is 8. The van der Waals surface area contributed by atoms with Crippen molar-refractivity contribution in [3.63, 3.8) is 0 Å². The Labute approximate surface area is 240 Å². The Morgan fingerprint density at radius 1 is 1.15 bits per heavy atom. The van der Waals surface area contributed by atoms with Crippen LogP contribution >= 0.6 is 0 Å². The number of nitrogens with two attached hydrogens (primary N) is 1. The number of amides is 1. The number of nitrogen functional groups attached to an aromatic ring is 1. The Hall–Kier alpha value is -4.74. The van der Waals surface area contributed by atoms with Crippen LogP contribution in [0.1, 0.15) is 62.4 Å². The van der Waals surface area contributed by atoms with E-state index in [1.807, 2.05) is 13.8 Å². The van der Waals surface area contributed by atoms with Gasteiger partial charge in [-0.2, -0.15) is 4.52 Å². The minimum atomic E-state index is -1.01. The van der Waals surface area contributed by atoms with Crippen LogP contribution in [0.4, 0.5) is 10.3 Å². The third-order valence-electron chi connectivity index (χ3n) is 5.77. The van der Waals surface area contributed by atoms with Crippen LogP contribution in [0.15, 0.2) is 30.5 Å². The number of aryl methyl sites for hydroxylation is 1. The Bertz CT molecular complexity index is 1470. The number of nitrogens with zero attached hydrogens (tertiary/aromatic N) is 6. The largest absolute Gasteiger partial charge is 0.494 e. The third kappa shape index (κ3) is 8.37. The molecule has 1 amide bonds. The molecule has 0 aliphatic rings. The van der Waals surface area contributed by atoms with Gasteiger partial charge in [0.15, 0.2) is 11.5 Å². The molecule has 3 N–H and O–H groups in total. The van der Waals surface area contributed by atoms with E-state index in [2.05, 4.69) is 45.7 Å². The summed E-state index contributed by atoms with van der Waals surface area (Å²) in [7, 11) is 3.16. The average Bonchev–Trinajstić information content (AvgIpc) is 3.43. The van der Waals surface area contributed by atoms with Gasteiger partial charge in [0, 0.05) is 37.8 Å². The summed E-state index contributed by atoms with van der Waals surface area (Å²) < 4.78 is 20.7. The lowest BCUT2D eigenvalue weighted by molar-refractivity contribution is 0.0761. The minimum absolute atomic E-state index is 0.129. The number of hydrogen-bond donors (Lipinski definition) is 2. The Morgan fingerprint density at radius 3 is 2.37 bits per heavy atom. The smallest absolute Gasteiger partial charge is 0.272 e. The van der Waals surface area contributed by atoms with Crippen LogP contribution in [0.5, 0.6) is 5.75 Å². The van der Waals surface area contributed by atoms with Crippen LogP contribution in [0.2, 0.25) is 0 Å². The van der Waals surface area contributed by atoms with E-state index in [1.165, 1.54) is 30.0 Å². The Morgan fingerprint density at radius 2 is 1.80 bits per heavy atom. The number of hydrogen-bond acceptors (Lipinski definition) is 8. The maximum atomic E-state index is 14.1. The number of aliphatic hydroxyl groups is 1. The molecule has 0 aliphatic heterocycles. The molecule has 11 heteroatoms. The van der Waals surface area contributed by atoms with E-state index in [-0.39, 0.29) is 17.6 Å². The van der Waals surface area contributed by atoms with Gasteiger partial charge in [-0.15, -0.1) is 30.8 Å². The van der Waals surface area contributed by atoms with Crippen LogP contribution in [0.3, 0.4) is 0 Å². The van der Waals surface area contributed by atoms with Gasteiger partial charge in [0.2, 0.25) is 5.95 Å². The number of pyridine rings is 1. The van der Waals surface area contributed by atoms with Gasteiger partial charge in [0.1, 0.15) is 22.8 Å². The fourth-order valence-electron chi connectivity index (χ4n) is 3.78. The normalized spacial score (nSPS) is 10.3. The summed E-state index contributed by atoms with van der Waals surface area (Å²) in [6.45, 7) is 7.85. The first-order valence-corrected chi connectivity index (χ1v) is 12.9. The van der Waals surface area contributed by atoms with E-state index in [1.54, 1.807) is 37.9 Å². The zero-order valence-corrected chi connectivity index (χ0v) is 24.4. The first-order valence-electron chi connectivity index (χ1n) is 12.9. The van der Waals surface area contributed by atoms with Crippen LogP contribution in [0, 0.1) is 31.5 Å². The maximum absolute atomic E-state index is 14.1. The topological polar surface area (TPSA) is 132 Å². The van der Waals surface area contributed by atoms with Crippen LogP contribution in [-0.2, 0) is 12.0 Å². The molecule has 4 rings (SSSR count). The molecule has 0 radical (unpaired) electrons. The van der Waals surface area contributed by atoms with Crippen molar-refractivity contribution in [2.24, 2.45) is 0 Å². The number of anilines is 1. The van der Waals surface area contributed by atoms with Crippen molar-refractivity contribution < 1.29 is 19.0 Å². The van der Waals surface area contributed by atoms with Crippen molar-refractivity contribution in [2.75, 3.05) is 26.4 Å². The van der Waals surface area contributed by atoms with Crippen LogP contribution < -0.4 is 10.5 Å². The number of terminal acetylenes is 2. The van der Waals surface area contributed by atoms with Crippen molar-refractivity contribution in [3.05, 3.63) is 53.4 Å². The standard InChI is InChI=1S/C24H28FN7O3.C2H6.2C2H2/c1-24(2,34)14-8-9-17(27-13-14)22(33)31(3)10-6-5-7-19-28-21-16-11-15(25)12-18(35-4)20(16)29-23(26)32(21)30-19;3*1-2/h8-9,11-13,34H,5-7,10H2,1-4H3,(H2,26,29);1-2H3;2*1-2H. The highest BCUT2D eigenvalue weighted by atomic mass is 19.1. The SMILES string of the molecule is C#C.C#C.CC.COc1cc(F)cc2c1nc(N)n1nc(CCCCN(C)C(=O)c3ccc(C(C)(C)O)cn3)nc21. The molecule has 1 aromatic carbocycles. The summed E-state index contributed by atoms with van der Waals surface area (Å²) in [5.41, 5.74) is 6.82. The maximum Gasteiger partial charge on any atom is 0.272 e. The number of ether oxygens (including phenoxy) is 1. The average molecular weight is 564 g/mol. The molecule has 0 atom stereocenters. The predicted molar refractivity (Wildman–Crippen MR) is 160 cm³/mol. The van der Waals surface area contributed by atoms with Crippen molar-refractivity contribution in [1.82, 2.24) is 29.5 Å². The van der Waals surface area contributed by atoms with Crippen molar-refractivity contribution in [1.29, 1.82) is 0 Å². The molecule has 0 spiro atoms. The fraction of sp³-hybridized carbons (Fsp3) is 0.367. The molecule has 4 aromatic rings. The zero-order valence-electron chi connectivity index (χ0n) is 24.4. The molecule has 218 valence electrons. The van der Waals surface area contributed by atoms with Crippen LogP contribution in [0.25, 0.3) is 16.6 Å². The fourth-order valence-corrected chi connectivity index (χ4v) is 3.78. The predicted octanol–water partition coefficient (Wildman–Crippen LogP) is 4.25. The highest BCUT2D eigenvalue weighted by Crippen LogP contribution is 2.29. The van der Waals surface area contributed by atoms with Gasteiger partial charge in [-0.25, -0.2) is 14.4 Å². The summed E-state index contributed by atoms with van der Waals surface area (Å²) in [5.74, 6) is 0.288. The summed E-state index contributed by atoms with van der Waals surface area (Å²) in [5, 5.41) is 14.9. The van der Waals surface area contributed by atoms with Crippen molar-refractivity contribution in [3.8, 4) is 31.4 Å².